The molecular formula is C13H11BrN6. The summed E-state index contributed by atoms with van der Waals surface area (Å²) in [5.74, 6) is 1.37. The maximum atomic E-state index is 4.43. The fourth-order valence-corrected chi connectivity index (χ4v) is 3.09. The van der Waals surface area contributed by atoms with Gasteiger partial charge in [0.1, 0.15) is 10.9 Å². The number of aromatic nitrogens is 5. The molecule has 4 rings (SSSR count). The highest BCUT2D eigenvalue weighted by atomic mass is 79.9. The molecule has 0 spiro atoms. The van der Waals surface area contributed by atoms with Crippen molar-refractivity contribution in [3.63, 3.8) is 0 Å². The number of fused-ring (bicyclic) bond motifs is 1. The first-order chi connectivity index (χ1) is 9.83. The second-order valence-corrected chi connectivity index (χ2v) is 5.55. The van der Waals surface area contributed by atoms with Gasteiger partial charge in [-0.2, -0.15) is 0 Å². The van der Waals surface area contributed by atoms with Gasteiger partial charge in [-0.3, -0.25) is 4.40 Å². The molecule has 0 radical (unpaired) electrons. The molecule has 0 N–H and O–H groups in total. The van der Waals surface area contributed by atoms with Gasteiger partial charge < -0.3 is 4.90 Å². The lowest BCUT2D eigenvalue weighted by molar-refractivity contribution is 0.517. The van der Waals surface area contributed by atoms with Crippen LogP contribution in [0.1, 0.15) is 11.5 Å². The summed E-state index contributed by atoms with van der Waals surface area (Å²) in [5, 5.41) is 8.05. The molecule has 0 aliphatic carbocycles. The van der Waals surface area contributed by atoms with Crippen LogP contribution >= 0.6 is 15.9 Å². The van der Waals surface area contributed by atoms with Crippen molar-refractivity contribution in [2.45, 2.75) is 5.92 Å². The molecule has 1 aliphatic heterocycles. The van der Waals surface area contributed by atoms with Crippen molar-refractivity contribution >= 4 is 27.4 Å². The minimum absolute atomic E-state index is 0.475. The van der Waals surface area contributed by atoms with Crippen molar-refractivity contribution in [2.75, 3.05) is 18.0 Å². The first-order valence-electron chi connectivity index (χ1n) is 6.32. The van der Waals surface area contributed by atoms with Crippen LogP contribution in [0.5, 0.6) is 0 Å². The molecule has 0 aromatic carbocycles. The maximum absolute atomic E-state index is 4.43. The van der Waals surface area contributed by atoms with E-state index in [2.05, 4.69) is 47.1 Å². The van der Waals surface area contributed by atoms with Crippen LogP contribution in [0.3, 0.4) is 0 Å². The van der Waals surface area contributed by atoms with Gasteiger partial charge in [0.2, 0.25) is 5.65 Å². The van der Waals surface area contributed by atoms with Gasteiger partial charge in [0.05, 0.1) is 0 Å². The summed E-state index contributed by atoms with van der Waals surface area (Å²) in [5.41, 5.74) is 2.05. The summed E-state index contributed by atoms with van der Waals surface area (Å²) < 4.78 is 2.81. The van der Waals surface area contributed by atoms with Gasteiger partial charge in [0, 0.05) is 37.6 Å². The van der Waals surface area contributed by atoms with Crippen molar-refractivity contribution < 1.29 is 0 Å². The van der Waals surface area contributed by atoms with E-state index in [0.29, 0.717) is 5.92 Å². The molecule has 7 heteroatoms. The van der Waals surface area contributed by atoms with Crippen LogP contribution in [0.25, 0.3) is 5.65 Å². The monoisotopic (exact) mass is 330 g/mol. The predicted molar refractivity (Wildman–Crippen MR) is 77.7 cm³/mol. The molecule has 3 aromatic heterocycles. The topological polar surface area (TPSA) is 59.2 Å². The molecule has 0 amide bonds. The van der Waals surface area contributed by atoms with E-state index >= 15 is 0 Å². The summed E-state index contributed by atoms with van der Waals surface area (Å²) >= 11 is 3.51. The molecule has 20 heavy (non-hydrogen) atoms. The Bertz CT molecular complexity index is 764. The van der Waals surface area contributed by atoms with Gasteiger partial charge in [-0.15, -0.1) is 10.2 Å². The number of nitrogens with zero attached hydrogens (tertiary/aromatic N) is 6. The molecule has 0 bridgehead atoms. The second-order valence-electron chi connectivity index (χ2n) is 4.80. The molecule has 4 heterocycles. The third kappa shape index (κ3) is 1.77. The molecule has 0 saturated carbocycles. The Hall–Kier alpha value is -2.02. The zero-order valence-corrected chi connectivity index (χ0v) is 12.1. The normalized spacial score (nSPS) is 15.6. The molecule has 1 aliphatic rings. The fraction of sp³-hybridized carbons (Fsp3) is 0.231. The average molecular weight is 331 g/mol. The lowest BCUT2D eigenvalue weighted by atomic mass is 9.93. The van der Waals surface area contributed by atoms with Crippen LogP contribution < -0.4 is 4.90 Å². The SMILES string of the molecule is Brc1ncccc1C1CN(c2nccn3cnnc23)C1. The van der Waals surface area contributed by atoms with Crippen LogP contribution in [0.4, 0.5) is 5.82 Å². The highest BCUT2D eigenvalue weighted by molar-refractivity contribution is 9.10. The molecule has 3 aromatic rings. The highest BCUT2D eigenvalue weighted by Crippen LogP contribution is 2.34. The van der Waals surface area contributed by atoms with E-state index in [1.807, 2.05) is 16.7 Å². The molecule has 0 unspecified atom stereocenters. The van der Waals surface area contributed by atoms with Crippen LogP contribution in [0.15, 0.2) is 41.7 Å². The largest absolute Gasteiger partial charge is 0.352 e. The maximum Gasteiger partial charge on any atom is 0.203 e. The van der Waals surface area contributed by atoms with E-state index in [1.54, 1.807) is 18.7 Å². The number of anilines is 1. The molecular weight excluding hydrogens is 320 g/mol. The molecule has 1 fully saturated rings. The third-order valence-electron chi connectivity index (χ3n) is 3.61. The Kier molecular flexibility index (Phi) is 2.66. The average Bonchev–Trinajstić information content (AvgIpc) is 2.88. The molecule has 1 saturated heterocycles. The van der Waals surface area contributed by atoms with Crippen molar-refractivity contribution in [1.82, 2.24) is 24.6 Å². The summed E-state index contributed by atoms with van der Waals surface area (Å²) in [4.78, 5) is 10.9. The minimum atomic E-state index is 0.475. The zero-order chi connectivity index (χ0) is 13.5. The standard InChI is InChI=1S/C13H11BrN6/c14-11-10(2-1-3-15-11)9-6-20(7-9)12-13-18-17-8-19(13)5-4-16-12/h1-5,8-9H,6-7H2. The Balaban J connectivity index is 1.60. The van der Waals surface area contributed by atoms with Crippen molar-refractivity contribution in [2.24, 2.45) is 0 Å². The van der Waals surface area contributed by atoms with Gasteiger partial charge in [-0.1, -0.05) is 6.07 Å². The van der Waals surface area contributed by atoms with E-state index in [-0.39, 0.29) is 0 Å². The zero-order valence-electron chi connectivity index (χ0n) is 10.5. The summed E-state index contributed by atoms with van der Waals surface area (Å²) in [6.07, 6.45) is 7.12. The Morgan fingerprint density at radius 3 is 2.95 bits per heavy atom. The number of rotatable bonds is 2. The summed E-state index contributed by atoms with van der Waals surface area (Å²) in [6, 6.07) is 4.09. The van der Waals surface area contributed by atoms with Gasteiger partial charge >= 0.3 is 0 Å². The van der Waals surface area contributed by atoms with E-state index in [0.717, 1.165) is 29.2 Å². The second kappa shape index (κ2) is 4.52. The van der Waals surface area contributed by atoms with E-state index in [1.165, 1.54) is 5.56 Å². The summed E-state index contributed by atoms with van der Waals surface area (Å²) in [6.45, 7) is 1.84. The number of hydrogen-bond acceptors (Lipinski definition) is 5. The van der Waals surface area contributed by atoms with E-state index in [9.17, 15) is 0 Å². The molecule has 100 valence electrons. The first-order valence-corrected chi connectivity index (χ1v) is 7.12. The predicted octanol–water partition coefficient (Wildman–Crippen LogP) is 1.89. The van der Waals surface area contributed by atoms with Crippen LogP contribution in [-0.4, -0.2) is 37.7 Å². The van der Waals surface area contributed by atoms with Gasteiger partial charge in [0.15, 0.2) is 5.82 Å². The van der Waals surface area contributed by atoms with Gasteiger partial charge in [-0.05, 0) is 27.6 Å². The third-order valence-corrected chi connectivity index (χ3v) is 4.27. The Morgan fingerprint density at radius 2 is 2.10 bits per heavy atom. The van der Waals surface area contributed by atoms with Gasteiger partial charge in [0.25, 0.3) is 0 Å². The Morgan fingerprint density at radius 1 is 1.20 bits per heavy atom. The lowest BCUT2D eigenvalue weighted by Gasteiger charge is -2.40. The van der Waals surface area contributed by atoms with Gasteiger partial charge in [-0.25, -0.2) is 9.97 Å². The minimum Gasteiger partial charge on any atom is -0.352 e. The lowest BCUT2D eigenvalue weighted by Crippen LogP contribution is -2.45. The number of hydrogen-bond donors (Lipinski definition) is 0. The quantitative estimate of drug-likeness (QED) is 0.671. The van der Waals surface area contributed by atoms with Crippen molar-refractivity contribution in [3.05, 3.63) is 47.2 Å². The van der Waals surface area contributed by atoms with Crippen LogP contribution in [0.2, 0.25) is 0 Å². The fourth-order valence-electron chi connectivity index (χ4n) is 2.52. The van der Waals surface area contributed by atoms with Crippen molar-refractivity contribution in [3.8, 4) is 0 Å². The molecule has 0 atom stereocenters. The Labute approximate surface area is 123 Å². The smallest absolute Gasteiger partial charge is 0.203 e. The number of halogens is 1. The van der Waals surface area contributed by atoms with Crippen LogP contribution in [-0.2, 0) is 0 Å². The van der Waals surface area contributed by atoms with E-state index < -0.39 is 0 Å². The van der Waals surface area contributed by atoms with Crippen LogP contribution in [0, 0.1) is 0 Å². The van der Waals surface area contributed by atoms with E-state index in [4.69, 9.17) is 0 Å². The molecule has 6 nitrogen and oxygen atoms in total. The highest BCUT2D eigenvalue weighted by Gasteiger charge is 2.32. The summed E-state index contributed by atoms with van der Waals surface area (Å²) in [7, 11) is 0. The number of pyridine rings is 1. The van der Waals surface area contributed by atoms with Crippen molar-refractivity contribution in [1.29, 1.82) is 0 Å². The first kappa shape index (κ1) is 11.8.